The smallest absolute Gasteiger partial charge is 0.244 e. The van der Waals surface area contributed by atoms with E-state index in [2.05, 4.69) is 5.32 Å². The fourth-order valence-corrected chi connectivity index (χ4v) is 4.82. The van der Waals surface area contributed by atoms with Crippen LogP contribution in [-0.4, -0.2) is 50.5 Å². The van der Waals surface area contributed by atoms with E-state index >= 15 is 0 Å². The van der Waals surface area contributed by atoms with Crippen molar-refractivity contribution in [3.8, 4) is 0 Å². The first kappa shape index (κ1) is 27.0. The van der Waals surface area contributed by atoms with Crippen LogP contribution in [0.25, 0.3) is 0 Å². The van der Waals surface area contributed by atoms with E-state index < -0.39 is 28.5 Å². The maximum Gasteiger partial charge on any atom is 0.244 e. The summed E-state index contributed by atoms with van der Waals surface area (Å²) in [4.78, 5) is 27.4. The fraction of sp³-hybridized carbons (Fsp3) is 0.391. The lowest BCUT2D eigenvalue weighted by Crippen LogP contribution is -2.51. The lowest BCUT2D eigenvalue weighted by atomic mass is 10.1. The zero-order chi connectivity index (χ0) is 24.9. The first-order chi connectivity index (χ1) is 15.3. The number of rotatable bonds is 9. The van der Waals surface area contributed by atoms with E-state index in [1.807, 2.05) is 19.9 Å². The Bertz CT molecular complexity index is 1100. The monoisotopic (exact) mass is 513 g/mol. The summed E-state index contributed by atoms with van der Waals surface area (Å²) in [5.41, 5.74) is 2.58. The minimum atomic E-state index is -3.79. The quantitative estimate of drug-likeness (QED) is 0.550. The fourth-order valence-electron chi connectivity index (χ4n) is 3.47. The van der Waals surface area contributed by atoms with Crippen LogP contribution >= 0.6 is 23.2 Å². The summed E-state index contributed by atoms with van der Waals surface area (Å²) in [6, 6.07) is 9.38. The van der Waals surface area contributed by atoms with Crippen LogP contribution in [0.3, 0.4) is 0 Å². The molecule has 0 heterocycles. The molecule has 0 unspecified atom stereocenters. The third-order valence-electron chi connectivity index (χ3n) is 5.08. The Labute approximate surface area is 205 Å². The third kappa shape index (κ3) is 7.09. The van der Waals surface area contributed by atoms with E-state index in [9.17, 15) is 18.0 Å². The van der Waals surface area contributed by atoms with Gasteiger partial charge in [0.15, 0.2) is 0 Å². The van der Waals surface area contributed by atoms with E-state index in [4.69, 9.17) is 23.2 Å². The number of sulfonamides is 1. The van der Waals surface area contributed by atoms with Crippen LogP contribution in [0.2, 0.25) is 10.0 Å². The van der Waals surface area contributed by atoms with Gasteiger partial charge in [0.1, 0.15) is 12.6 Å². The van der Waals surface area contributed by atoms with Crippen molar-refractivity contribution in [2.45, 2.75) is 40.3 Å². The molecule has 1 N–H and O–H groups in total. The summed E-state index contributed by atoms with van der Waals surface area (Å²) in [5, 5.41) is 3.39. The molecule has 7 nitrogen and oxygen atoms in total. The molecule has 0 saturated carbocycles. The van der Waals surface area contributed by atoms with Crippen molar-refractivity contribution in [2.75, 3.05) is 23.7 Å². The minimum Gasteiger partial charge on any atom is -0.355 e. The number of amides is 2. The van der Waals surface area contributed by atoms with Gasteiger partial charge in [-0.2, -0.15) is 0 Å². The number of anilines is 1. The zero-order valence-corrected chi connectivity index (χ0v) is 21.7. The summed E-state index contributed by atoms with van der Waals surface area (Å²) >= 11 is 12.6. The molecule has 0 spiro atoms. The van der Waals surface area contributed by atoms with E-state index in [0.717, 1.165) is 21.7 Å². The number of carbonyl (C=O) groups excluding carboxylic acids is 2. The summed E-state index contributed by atoms with van der Waals surface area (Å²) in [5.74, 6) is -0.930. The summed E-state index contributed by atoms with van der Waals surface area (Å²) in [7, 11) is -3.79. The van der Waals surface area contributed by atoms with Gasteiger partial charge in [-0.15, -0.1) is 0 Å². The summed E-state index contributed by atoms with van der Waals surface area (Å²) in [6.45, 7) is 6.90. The molecule has 0 radical (unpaired) electrons. The predicted molar refractivity (Wildman–Crippen MR) is 133 cm³/mol. The number of hydrogen-bond acceptors (Lipinski definition) is 4. The highest BCUT2D eigenvalue weighted by atomic mass is 35.5. The van der Waals surface area contributed by atoms with Crippen LogP contribution in [0, 0.1) is 13.8 Å². The second kappa shape index (κ2) is 11.2. The van der Waals surface area contributed by atoms with Gasteiger partial charge in [-0.25, -0.2) is 8.42 Å². The Morgan fingerprint density at radius 1 is 1.06 bits per heavy atom. The van der Waals surface area contributed by atoms with Crippen molar-refractivity contribution >= 4 is 50.7 Å². The molecule has 2 rings (SSSR count). The maximum atomic E-state index is 13.5. The molecule has 0 aliphatic heterocycles. The van der Waals surface area contributed by atoms with Crippen LogP contribution in [0.1, 0.15) is 30.5 Å². The van der Waals surface area contributed by atoms with Crippen LogP contribution in [0.4, 0.5) is 5.69 Å². The summed E-state index contributed by atoms with van der Waals surface area (Å²) < 4.78 is 26.3. The zero-order valence-electron chi connectivity index (χ0n) is 19.4. The van der Waals surface area contributed by atoms with Gasteiger partial charge >= 0.3 is 0 Å². The molecule has 0 aliphatic carbocycles. The number of halogens is 2. The Morgan fingerprint density at radius 2 is 1.61 bits per heavy atom. The van der Waals surface area contributed by atoms with E-state index in [1.54, 1.807) is 44.2 Å². The second-order valence-corrected chi connectivity index (χ2v) is 10.6. The van der Waals surface area contributed by atoms with Gasteiger partial charge in [0.25, 0.3) is 0 Å². The molecular weight excluding hydrogens is 485 g/mol. The molecule has 180 valence electrons. The molecule has 0 aliphatic rings. The van der Waals surface area contributed by atoms with Gasteiger partial charge < -0.3 is 10.2 Å². The molecule has 0 aromatic heterocycles. The first-order valence-electron chi connectivity index (χ1n) is 10.4. The standard InChI is InChI=1S/C23H29Cl2N3O4S/c1-6-26-23(30)17(4)27(13-19-20(24)8-7-9-21(19)25)22(29)14-28(33(5,31)32)18-11-15(2)10-16(3)12-18/h7-12,17H,6,13-14H2,1-5H3,(H,26,30)/t17-/m0/s1. The molecule has 2 aromatic rings. The number of likely N-dealkylation sites (N-methyl/N-ethyl adjacent to an activating group) is 1. The third-order valence-corrected chi connectivity index (χ3v) is 6.93. The van der Waals surface area contributed by atoms with Gasteiger partial charge in [0, 0.05) is 28.7 Å². The van der Waals surface area contributed by atoms with Gasteiger partial charge in [-0.05, 0) is 63.1 Å². The maximum absolute atomic E-state index is 13.5. The molecule has 0 fully saturated rings. The number of carbonyl (C=O) groups is 2. The van der Waals surface area contributed by atoms with Crippen LogP contribution in [0.5, 0.6) is 0 Å². The van der Waals surface area contributed by atoms with Crippen LogP contribution in [-0.2, 0) is 26.2 Å². The number of nitrogens with zero attached hydrogens (tertiary/aromatic N) is 2. The van der Waals surface area contributed by atoms with Crippen molar-refractivity contribution in [3.63, 3.8) is 0 Å². The van der Waals surface area contributed by atoms with Crippen LogP contribution in [0.15, 0.2) is 36.4 Å². The second-order valence-electron chi connectivity index (χ2n) is 7.91. The molecule has 1 atom stereocenters. The number of nitrogens with one attached hydrogen (secondary N) is 1. The van der Waals surface area contributed by atoms with Crippen molar-refractivity contribution in [1.29, 1.82) is 0 Å². The van der Waals surface area contributed by atoms with Crippen molar-refractivity contribution < 1.29 is 18.0 Å². The molecule has 10 heteroatoms. The predicted octanol–water partition coefficient (Wildman–Crippen LogP) is 3.93. The van der Waals surface area contributed by atoms with Gasteiger partial charge in [-0.3, -0.25) is 13.9 Å². The van der Waals surface area contributed by atoms with E-state index in [1.165, 1.54) is 4.90 Å². The summed E-state index contributed by atoms with van der Waals surface area (Å²) in [6.07, 6.45) is 1.04. The molecule has 2 amide bonds. The molecule has 2 aromatic carbocycles. The van der Waals surface area contributed by atoms with Crippen molar-refractivity contribution in [3.05, 3.63) is 63.1 Å². The first-order valence-corrected chi connectivity index (χ1v) is 13.0. The SMILES string of the molecule is CCNC(=O)[C@H](C)N(Cc1c(Cl)cccc1Cl)C(=O)CN(c1cc(C)cc(C)c1)S(C)(=O)=O. The minimum absolute atomic E-state index is 0.0555. The van der Waals surface area contributed by atoms with Crippen LogP contribution < -0.4 is 9.62 Å². The molecule has 33 heavy (non-hydrogen) atoms. The Balaban J connectivity index is 2.48. The number of hydrogen-bond donors (Lipinski definition) is 1. The average molecular weight is 514 g/mol. The molecular formula is C23H29Cl2N3O4S. The highest BCUT2D eigenvalue weighted by molar-refractivity contribution is 7.92. The van der Waals surface area contributed by atoms with Gasteiger partial charge in [0.2, 0.25) is 21.8 Å². The number of benzene rings is 2. The van der Waals surface area contributed by atoms with Gasteiger partial charge in [0.05, 0.1) is 11.9 Å². The Morgan fingerprint density at radius 3 is 2.09 bits per heavy atom. The Kier molecular flexibility index (Phi) is 9.17. The largest absolute Gasteiger partial charge is 0.355 e. The highest BCUT2D eigenvalue weighted by Crippen LogP contribution is 2.27. The van der Waals surface area contributed by atoms with E-state index in [0.29, 0.717) is 27.8 Å². The van der Waals surface area contributed by atoms with Gasteiger partial charge in [-0.1, -0.05) is 35.3 Å². The van der Waals surface area contributed by atoms with E-state index in [-0.39, 0.29) is 12.5 Å². The number of aryl methyl sites for hydroxylation is 2. The lowest BCUT2D eigenvalue weighted by molar-refractivity contribution is -0.139. The van der Waals surface area contributed by atoms with Crippen molar-refractivity contribution in [1.82, 2.24) is 10.2 Å². The highest BCUT2D eigenvalue weighted by Gasteiger charge is 2.30. The Hall–Kier alpha value is -2.29. The normalized spacial score (nSPS) is 12.2. The molecule has 0 saturated heterocycles. The molecule has 0 bridgehead atoms. The lowest BCUT2D eigenvalue weighted by Gasteiger charge is -2.32. The average Bonchev–Trinajstić information content (AvgIpc) is 2.69. The topological polar surface area (TPSA) is 86.8 Å². The van der Waals surface area contributed by atoms with Crippen molar-refractivity contribution in [2.24, 2.45) is 0 Å².